The number of nitrogens with two attached hydrogens (primary N) is 1. The molecule has 0 saturated carbocycles. The lowest BCUT2D eigenvalue weighted by molar-refractivity contribution is -0.123. The lowest BCUT2D eigenvalue weighted by atomic mass is 9.96. The van der Waals surface area contributed by atoms with Crippen LogP contribution in [0, 0.1) is 19.8 Å². The molecular formula is C18H22N4O2. The molecule has 2 heterocycles. The molecule has 1 aromatic heterocycles. The van der Waals surface area contributed by atoms with E-state index in [0.717, 1.165) is 17.1 Å². The predicted octanol–water partition coefficient (Wildman–Crippen LogP) is 1.83. The summed E-state index contributed by atoms with van der Waals surface area (Å²) < 4.78 is 1.86. The summed E-state index contributed by atoms with van der Waals surface area (Å²) in [5, 5.41) is 4.45. The SMILES string of the molecule is Cc1cc(C)n(-c2ccc(C(=O)N3CCC(C(N)=O)CC3)cc2)n1. The van der Waals surface area contributed by atoms with E-state index >= 15 is 0 Å². The third kappa shape index (κ3) is 3.18. The number of hydrogen-bond acceptors (Lipinski definition) is 3. The number of aryl methyl sites for hydroxylation is 2. The smallest absolute Gasteiger partial charge is 0.253 e. The first kappa shape index (κ1) is 16.2. The summed E-state index contributed by atoms with van der Waals surface area (Å²) >= 11 is 0. The van der Waals surface area contributed by atoms with Gasteiger partial charge in [0.2, 0.25) is 5.91 Å². The van der Waals surface area contributed by atoms with E-state index in [9.17, 15) is 9.59 Å². The molecule has 2 aromatic rings. The normalized spacial score (nSPS) is 15.5. The van der Waals surface area contributed by atoms with Crippen molar-refractivity contribution in [3.8, 4) is 5.69 Å². The van der Waals surface area contributed by atoms with Crippen LogP contribution in [0.1, 0.15) is 34.6 Å². The number of amides is 2. The van der Waals surface area contributed by atoms with Crippen LogP contribution in [0.2, 0.25) is 0 Å². The van der Waals surface area contributed by atoms with Gasteiger partial charge in [-0.05, 0) is 57.0 Å². The van der Waals surface area contributed by atoms with Gasteiger partial charge < -0.3 is 10.6 Å². The van der Waals surface area contributed by atoms with Gasteiger partial charge in [0, 0.05) is 30.3 Å². The van der Waals surface area contributed by atoms with E-state index in [0.29, 0.717) is 31.5 Å². The zero-order valence-corrected chi connectivity index (χ0v) is 14.0. The quantitative estimate of drug-likeness (QED) is 0.934. The molecule has 0 bridgehead atoms. The van der Waals surface area contributed by atoms with Crippen molar-refractivity contribution in [3.05, 3.63) is 47.3 Å². The molecule has 0 spiro atoms. The summed E-state index contributed by atoms with van der Waals surface area (Å²) in [6, 6.07) is 9.48. The minimum absolute atomic E-state index is 0.00200. The fraction of sp³-hybridized carbons (Fsp3) is 0.389. The van der Waals surface area contributed by atoms with Crippen molar-refractivity contribution in [2.24, 2.45) is 11.7 Å². The number of likely N-dealkylation sites (tertiary alicyclic amines) is 1. The van der Waals surface area contributed by atoms with Gasteiger partial charge in [-0.3, -0.25) is 9.59 Å². The van der Waals surface area contributed by atoms with Gasteiger partial charge in [0.25, 0.3) is 5.91 Å². The Kier molecular flexibility index (Phi) is 4.38. The Morgan fingerprint density at radius 3 is 2.25 bits per heavy atom. The fourth-order valence-electron chi connectivity index (χ4n) is 3.19. The first-order chi connectivity index (χ1) is 11.5. The van der Waals surface area contributed by atoms with Gasteiger partial charge in [-0.15, -0.1) is 0 Å². The van der Waals surface area contributed by atoms with Crippen molar-refractivity contribution in [1.29, 1.82) is 0 Å². The van der Waals surface area contributed by atoms with Crippen molar-refractivity contribution in [2.45, 2.75) is 26.7 Å². The van der Waals surface area contributed by atoms with Crippen LogP contribution in [-0.4, -0.2) is 39.6 Å². The number of piperidine rings is 1. The molecule has 0 radical (unpaired) electrons. The Labute approximate surface area is 141 Å². The van der Waals surface area contributed by atoms with Gasteiger partial charge in [-0.25, -0.2) is 4.68 Å². The molecule has 1 aromatic carbocycles. The average molecular weight is 326 g/mol. The van der Waals surface area contributed by atoms with Gasteiger partial charge in [0.05, 0.1) is 11.4 Å². The van der Waals surface area contributed by atoms with Gasteiger partial charge >= 0.3 is 0 Å². The highest BCUT2D eigenvalue weighted by molar-refractivity contribution is 5.94. The molecule has 0 atom stereocenters. The Morgan fingerprint density at radius 2 is 1.75 bits per heavy atom. The summed E-state index contributed by atoms with van der Waals surface area (Å²) in [6.07, 6.45) is 1.29. The van der Waals surface area contributed by atoms with Crippen molar-refractivity contribution in [1.82, 2.24) is 14.7 Å². The largest absolute Gasteiger partial charge is 0.369 e. The zero-order valence-electron chi connectivity index (χ0n) is 14.0. The standard InChI is InChI=1S/C18H22N4O2/c1-12-11-13(2)22(20-12)16-5-3-15(4-6-16)18(24)21-9-7-14(8-10-21)17(19)23/h3-6,11,14H,7-10H2,1-2H3,(H2,19,23). The van der Waals surface area contributed by atoms with Gasteiger partial charge in [0.1, 0.15) is 0 Å². The fourth-order valence-corrected chi connectivity index (χ4v) is 3.19. The van der Waals surface area contributed by atoms with Crippen LogP contribution in [-0.2, 0) is 4.79 Å². The molecule has 6 nitrogen and oxygen atoms in total. The second-order valence-electron chi connectivity index (χ2n) is 6.35. The number of nitrogens with zero attached hydrogens (tertiary/aromatic N) is 3. The number of rotatable bonds is 3. The van der Waals surface area contributed by atoms with E-state index in [4.69, 9.17) is 5.73 Å². The number of carbonyl (C=O) groups excluding carboxylic acids is 2. The van der Waals surface area contributed by atoms with E-state index in [2.05, 4.69) is 5.10 Å². The molecule has 126 valence electrons. The summed E-state index contributed by atoms with van der Waals surface area (Å²) in [5.41, 5.74) is 8.94. The van der Waals surface area contributed by atoms with E-state index in [1.807, 2.05) is 48.9 Å². The van der Waals surface area contributed by atoms with Crippen LogP contribution in [0.5, 0.6) is 0 Å². The van der Waals surface area contributed by atoms with E-state index in [-0.39, 0.29) is 17.7 Å². The molecule has 1 aliphatic rings. The molecular weight excluding hydrogens is 304 g/mol. The molecule has 3 rings (SSSR count). The average Bonchev–Trinajstić information content (AvgIpc) is 2.93. The van der Waals surface area contributed by atoms with E-state index in [1.54, 1.807) is 4.90 Å². The molecule has 24 heavy (non-hydrogen) atoms. The molecule has 0 aliphatic carbocycles. The maximum absolute atomic E-state index is 12.6. The van der Waals surface area contributed by atoms with Gasteiger partial charge in [0.15, 0.2) is 0 Å². The monoisotopic (exact) mass is 326 g/mol. The topological polar surface area (TPSA) is 81.2 Å². The molecule has 1 aliphatic heterocycles. The molecule has 1 saturated heterocycles. The highest BCUT2D eigenvalue weighted by Crippen LogP contribution is 2.20. The Morgan fingerprint density at radius 1 is 1.12 bits per heavy atom. The number of hydrogen-bond donors (Lipinski definition) is 1. The third-order valence-corrected chi connectivity index (χ3v) is 4.55. The first-order valence-electron chi connectivity index (χ1n) is 8.18. The summed E-state index contributed by atoms with van der Waals surface area (Å²) in [5.74, 6) is -0.378. The zero-order chi connectivity index (χ0) is 17.3. The number of primary amides is 1. The first-order valence-corrected chi connectivity index (χ1v) is 8.18. The minimum atomic E-state index is -0.267. The molecule has 0 unspecified atom stereocenters. The Balaban J connectivity index is 1.71. The van der Waals surface area contributed by atoms with Gasteiger partial charge in [-0.2, -0.15) is 5.10 Å². The number of benzene rings is 1. The maximum Gasteiger partial charge on any atom is 0.253 e. The van der Waals surface area contributed by atoms with E-state index < -0.39 is 0 Å². The van der Waals surface area contributed by atoms with Gasteiger partial charge in [-0.1, -0.05) is 0 Å². The minimum Gasteiger partial charge on any atom is -0.369 e. The van der Waals surface area contributed by atoms with Crippen LogP contribution in [0.15, 0.2) is 30.3 Å². The number of aromatic nitrogens is 2. The predicted molar refractivity (Wildman–Crippen MR) is 90.9 cm³/mol. The second-order valence-corrected chi connectivity index (χ2v) is 6.35. The van der Waals surface area contributed by atoms with Crippen LogP contribution in [0.4, 0.5) is 0 Å². The number of carbonyl (C=O) groups is 2. The highest BCUT2D eigenvalue weighted by atomic mass is 16.2. The van der Waals surface area contributed by atoms with Crippen molar-refractivity contribution in [3.63, 3.8) is 0 Å². The maximum atomic E-state index is 12.6. The second kappa shape index (κ2) is 6.47. The summed E-state index contributed by atoms with van der Waals surface area (Å²) in [4.78, 5) is 25.6. The lowest BCUT2D eigenvalue weighted by Gasteiger charge is -2.30. The summed E-state index contributed by atoms with van der Waals surface area (Å²) in [6.45, 7) is 5.11. The van der Waals surface area contributed by atoms with E-state index in [1.165, 1.54) is 0 Å². The van der Waals surface area contributed by atoms with Crippen molar-refractivity contribution >= 4 is 11.8 Å². The summed E-state index contributed by atoms with van der Waals surface area (Å²) in [7, 11) is 0. The molecule has 6 heteroatoms. The lowest BCUT2D eigenvalue weighted by Crippen LogP contribution is -2.41. The Hall–Kier alpha value is -2.63. The van der Waals surface area contributed by atoms with Crippen molar-refractivity contribution in [2.75, 3.05) is 13.1 Å². The van der Waals surface area contributed by atoms with Crippen LogP contribution < -0.4 is 5.73 Å². The molecule has 1 fully saturated rings. The van der Waals surface area contributed by atoms with Crippen LogP contribution in [0.25, 0.3) is 5.69 Å². The third-order valence-electron chi connectivity index (χ3n) is 4.55. The van der Waals surface area contributed by atoms with Crippen LogP contribution in [0.3, 0.4) is 0 Å². The van der Waals surface area contributed by atoms with Crippen LogP contribution >= 0.6 is 0 Å². The Bertz CT molecular complexity index is 756. The molecule has 2 amide bonds. The highest BCUT2D eigenvalue weighted by Gasteiger charge is 2.26. The van der Waals surface area contributed by atoms with Crippen molar-refractivity contribution < 1.29 is 9.59 Å². The molecule has 2 N–H and O–H groups in total.